The van der Waals surface area contributed by atoms with Gasteiger partial charge >= 0.3 is 0 Å². The number of carbonyl (C=O) groups excluding carboxylic acids is 2. The standard InChI is InChI=1S/C18H23N5O4/c1-14-17(20-23(19-14)15-7-4-3-5-8-15)18(25)22-10-6-9-21(22)16(24)13-27-12-11-26-2/h3-5,7-8H,6,9-13H2,1-2H3. The summed E-state index contributed by atoms with van der Waals surface area (Å²) < 4.78 is 10.2. The van der Waals surface area contributed by atoms with Gasteiger partial charge in [0.15, 0.2) is 5.69 Å². The van der Waals surface area contributed by atoms with E-state index in [0.717, 1.165) is 5.69 Å². The van der Waals surface area contributed by atoms with Crippen LogP contribution < -0.4 is 0 Å². The smallest absolute Gasteiger partial charge is 0.294 e. The van der Waals surface area contributed by atoms with Gasteiger partial charge in [0.1, 0.15) is 6.61 Å². The minimum Gasteiger partial charge on any atom is -0.382 e. The first-order chi connectivity index (χ1) is 13.1. The average molecular weight is 373 g/mol. The van der Waals surface area contributed by atoms with Gasteiger partial charge in [-0.05, 0) is 25.5 Å². The lowest BCUT2D eigenvalue weighted by Crippen LogP contribution is -2.46. The van der Waals surface area contributed by atoms with E-state index in [1.807, 2.05) is 30.3 Å². The van der Waals surface area contributed by atoms with Crippen molar-refractivity contribution < 1.29 is 19.1 Å². The zero-order valence-electron chi connectivity index (χ0n) is 15.5. The van der Waals surface area contributed by atoms with Gasteiger partial charge in [-0.25, -0.2) is 10.0 Å². The molecule has 0 N–H and O–H groups in total. The van der Waals surface area contributed by atoms with Crippen LogP contribution in [0, 0.1) is 6.92 Å². The molecule has 1 fully saturated rings. The number of hydrazine groups is 1. The molecule has 1 saturated heterocycles. The third-order valence-electron chi connectivity index (χ3n) is 4.18. The molecule has 144 valence electrons. The predicted molar refractivity (Wildman–Crippen MR) is 96.2 cm³/mol. The van der Waals surface area contributed by atoms with Crippen LogP contribution in [0.1, 0.15) is 22.6 Å². The van der Waals surface area contributed by atoms with E-state index in [2.05, 4.69) is 10.2 Å². The summed E-state index contributed by atoms with van der Waals surface area (Å²) in [5.74, 6) is -0.595. The second-order valence-electron chi connectivity index (χ2n) is 6.10. The maximum Gasteiger partial charge on any atom is 0.294 e. The number of aromatic nitrogens is 3. The van der Waals surface area contributed by atoms with Crippen molar-refractivity contribution in [2.75, 3.05) is 40.0 Å². The van der Waals surface area contributed by atoms with Gasteiger partial charge in [0.2, 0.25) is 0 Å². The third-order valence-corrected chi connectivity index (χ3v) is 4.18. The summed E-state index contributed by atoms with van der Waals surface area (Å²) in [7, 11) is 1.57. The quantitative estimate of drug-likeness (QED) is 0.668. The van der Waals surface area contributed by atoms with Crippen LogP contribution in [0.5, 0.6) is 0 Å². The normalized spacial score (nSPS) is 14.0. The lowest BCUT2D eigenvalue weighted by molar-refractivity contribution is -0.146. The number of methoxy groups -OCH3 is 1. The van der Waals surface area contributed by atoms with Crippen molar-refractivity contribution in [3.8, 4) is 5.69 Å². The monoisotopic (exact) mass is 373 g/mol. The molecule has 0 unspecified atom stereocenters. The number of hydrogen-bond acceptors (Lipinski definition) is 6. The number of benzene rings is 1. The Morgan fingerprint density at radius 1 is 1.07 bits per heavy atom. The number of rotatable bonds is 7. The van der Waals surface area contributed by atoms with Gasteiger partial charge in [-0.2, -0.15) is 9.90 Å². The zero-order valence-corrected chi connectivity index (χ0v) is 15.5. The summed E-state index contributed by atoms with van der Waals surface area (Å²) in [5, 5.41) is 11.5. The lowest BCUT2D eigenvalue weighted by Gasteiger charge is -2.27. The van der Waals surface area contributed by atoms with Crippen LogP contribution in [0.15, 0.2) is 30.3 Å². The summed E-state index contributed by atoms with van der Waals surface area (Å²) in [6.07, 6.45) is 0.710. The van der Waals surface area contributed by atoms with Gasteiger partial charge < -0.3 is 9.47 Å². The van der Waals surface area contributed by atoms with Gasteiger partial charge in [0.05, 0.1) is 24.6 Å². The zero-order chi connectivity index (χ0) is 19.2. The molecule has 1 aromatic carbocycles. The summed E-state index contributed by atoms with van der Waals surface area (Å²) in [4.78, 5) is 26.8. The number of nitrogens with zero attached hydrogens (tertiary/aromatic N) is 5. The second-order valence-corrected chi connectivity index (χ2v) is 6.10. The fraction of sp³-hybridized carbons (Fsp3) is 0.444. The molecule has 0 aliphatic carbocycles. The molecule has 1 aliphatic rings. The molecule has 2 amide bonds. The van der Waals surface area contributed by atoms with Crippen LogP contribution in [0.2, 0.25) is 0 Å². The SMILES string of the molecule is COCCOCC(=O)N1CCCN1C(=O)c1nn(-c2ccccc2)nc1C. The molecule has 1 aromatic heterocycles. The number of ether oxygens (including phenoxy) is 2. The summed E-state index contributed by atoms with van der Waals surface area (Å²) in [5.41, 5.74) is 1.51. The molecule has 0 spiro atoms. The van der Waals surface area contributed by atoms with Gasteiger partial charge in [-0.15, -0.1) is 5.10 Å². The first-order valence-corrected chi connectivity index (χ1v) is 8.80. The van der Waals surface area contributed by atoms with Gasteiger partial charge in [-0.1, -0.05) is 18.2 Å². The van der Waals surface area contributed by atoms with E-state index in [0.29, 0.717) is 38.4 Å². The molecular weight excluding hydrogens is 350 g/mol. The van der Waals surface area contributed by atoms with E-state index < -0.39 is 0 Å². The highest BCUT2D eigenvalue weighted by Crippen LogP contribution is 2.17. The van der Waals surface area contributed by atoms with Crippen molar-refractivity contribution in [1.29, 1.82) is 0 Å². The Morgan fingerprint density at radius 2 is 1.81 bits per heavy atom. The maximum atomic E-state index is 13.0. The summed E-state index contributed by atoms with van der Waals surface area (Å²) >= 11 is 0. The Kier molecular flexibility index (Phi) is 6.15. The molecule has 9 nitrogen and oxygen atoms in total. The Morgan fingerprint density at radius 3 is 2.56 bits per heavy atom. The van der Waals surface area contributed by atoms with Crippen molar-refractivity contribution in [2.24, 2.45) is 0 Å². The molecule has 2 heterocycles. The fourth-order valence-corrected chi connectivity index (χ4v) is 2.83. The first-order valence-electron chi connectivity index (χ1n) is 8.80. The molecule has 27 heavy (non-hydrogen) atoms. The van der Waals surface area contributed by atoms with Crippen LogP contribution in [-0.2, 0) is 14.3 Å². The summed E-state index contributed by atoms with van der Waals surface area (Å²) in [6.45, 7) is 3.31. The number of amides is 2. The number of para-hydroxylation sites is 1. The molecular formula is C18H23N5O4. The largest absolute Gasteiger partial charge is 0.382 e. The number of carbonyl (C=O) groups is 2. The van der Waals surface area contributed by atoms with Gasteiger partial charge in [0.25, 0.3) is 11.8 Å². The van der Waals surface area contributed by atoms with Crippen LogP contribution >= 0.6 is 0 Å². The Bertz CT molecular complexity index is 792. The molecule has 0 bridgehead atoms. The van der Waals surface area contributed by atoms with Crippen molar-refractivity contribution in [2.45, 2.75) is 13.3 Å². The predicted octanol–water partition coefficient (Wildman–Crippen LogP) is 0.828. The highest BCUT2D eigenvalue weighted by molar-refractivity contribution is 5.95. The van der Waals surface area contributed by atoms with E-state index >= 15 is 0 Å². The third kappa shape index (κ3) is 4.32. The van der Waals surface area contributed by atoms with Crippen LogP contribution in [0.25, 0.3) is 5.69 Å². The minimum atomic E-state index is -0.336. The molecule has 0 saturated carbocycles. The van der Waals surface area contributed by atoms with E-state index in [9.17, 15) is 9.59 Å². The van der Waals surface area contributed by atoms with E-state index in [1.165, 1.54) is 14.8 Å². The van der Waals surface area contributed by atoms with E-state index in [4.69, 9.17) is 9.47 Å². The highest BCUT2D eigenvalue weighted by atomic mass is 16.5. The van der Waals surface area contributed by atoms with Crippen molar-refractivity contribution in [1.82, 2.24) is 25.0 Å². The van der Waals surface area contributed by atoms with Crippen LogP contribution in [0.4, 0.5) is 0 Å². The van der Waals surface area contributed by atoms with E-state index in [-0.39, 0.29) is 24.1 Å². The Hall–Kier alpha value is -2.78. The lowest BCUT2D eigenvalue weighted by atomic mass is 10.3. The van der Waals surface area contributed by atoms with Crippen molar-refractivity contribution in [3.63, 3.8) is 0 Å². The maximum absolute atomic E-state index is 13.0. The van der Waals surface area contributed by atoms with Crippen LogP contribution in [0.3, 0.4) is 0 Å². The number of aryl methyl sites for hydroxylation is 1. The Labute approximate surface area is 157 Å². The second kappa shape index (κ2) is 8.74. The molecule has 2 aromatic rings. The van der Waals surface area contributed by atoms with Gasteiger partial charge in [-0.3, -0.25) is 9.59 Å². The molecule has 1 aliphatic heterocycles. The molecule has 9 heteroatoms. The Balaban J connectivity index is 1.71. The fourth-order valence-electron chi connectivity index (χ4n) is 2.83. The average Bonchev–Trinajstić information content (AvgIpc) is 3.32. The van der Waals surface area contributed by atoms with Crippen LogP contribution in [-0.4, -0.2) is 76.8 Å². The summed E-state index contributed by atoms with van der Waals surface area (Å²) in [6, 6.07) is 9.36. The van der Waals surface area contributed by atoms with E-state index in [1.54, 1.807) is 14.0 Å². The molecule has 3 rings (SSSR count). The molecule has 0 radical (unpaired) electrons. The van der Waals surface area contributed by atoms with Crippen molar-refractivity contribution >= 4 is 11.8 Å². The highest BCUT2D eigenvalue weighted by Gasteiger charge is 2.33. The van der Waals surface area contributed by atoms with Gasteiger partial charge in [0, 0.05) is 20.2 Å². The number of hydrogen-bond donors (Lipinski definition) is 0. The van der Waals surface area contributed by atoms with Crippen molar-refractivity contribution in [3.05, 3.63) is 41.7 Å². The first kappa shape index (κ1) is 19.0. The molecule has 0 atom stereocenters. The topological polar surface area (TPSA) is 89.8 Å². The minimum absolute atomic E-state index is 0.0944.